The summed E-state index contributed by atoms with van der Waals surface area (Å²) in [7, 11) is 0. The highest BCUT2D eigenvalue weighted by molar-refractivity contribution is 6.94. The summed E-state index contributed by atoms with van der Waals surface area (Å²) in [6.45, 7) is 35.7. The van der Waals surface area contributed by atoms with E-state index in [0.717, 1.165) is 11.2 Å². The predicted octanol–water partition coefficient (Wildman–Crippen LogP) is 16.5. The van der Waals surface area contributed by atoms with E-state index in [1.54, 1.807) is 0 Å². The number of rotatable bonds is 1. The van der Waals surface area contributed by atoms with Crippen LogP contribution in [0.2, 0.25) is 0 Å². The van der Waals surface area contributed by atoms with Gasteiger partial charge in [-0.25, -0.2) is 0 Å². The summed E-state index contributed by atoms with van der Waals surface area (Å²) in [6.07, 6.45) is 2.39. The van der Waals surface area contributed by atoms with Gasteiger partial charge >= 0.3 is 6.85 Å². The molecule has 9 aromatic rings. The van der Waals surface area contributed by atoms with Crippen molar-refractivity contribution in [2.45, 2.75) is 149 Å². The fraction of sp³-hybridized carbons (Fsp3) is 0.354. The van der Waals surface area contributed by atoms with E-state index in [4.69, 9.17) is 4.42 Å². The number of benzene rings is 7. The molecule has 4 heteroatoms. The van der Waals surface area contributed by atoms with Gasteiger partial charge in [-0.3, -0.25) is 0 Å². The van der Waals surface area contributed by atoms with E-state index < -0.39 is 0 Å². The Hall–Kier alpha value is -6.00. The van der Waals surface area contributed by atoms with E-state index in [1.807, 2.05) is 0 Å². The minimum absolute atomic E-state index is 0.0213. The Bertz CT molecular complexity index is 3750. The molecule has 0 spiro atoms. The topological polar surface area (TPSA) is 21.3 Å². The molecular weight excluding hydrogens is 836 g/mol. The van der Waals surface area contributed by atoms with Crippen LogP contribution in [-0.4, -0.2) is 11.4 Å². The lowest BCUT2D eigenvalue weighted by Gasteiger charge is -2.43. The molecule has 2 aromatic heterocycles. The van der Waals surface area contributed by atoms with Crippen molar-refractivity contribution in [2.24, 2.45) is 0 Å². The molecule has 4 aliphatic rings. The largest absolute Gasteiger partial charge is 0.455 e. The van der Waals surface area contributed by atoms with Gasteiger partial charge in [-0.05, 0) is 156 Å². The third kappa shape index (κ3) is 5.69. The highest BCUT2D eigenvalue weighted by atomic mass is 16.3. The Morgan fingerprint density at radius 1 is 0.522 bits per heavy atom. The Balaban J connectivity index is 1.24. The van der Waals surface area contributed by atoms with Gasteiger partial charge in [0.15, 0.2) is 0 Å². The molecule has 346 valence electrons. The van der Waals surface area contributed by atoms with Crippen LogP contribution in [0.15, 0.2) is 114 Å². The van der Waals surface area contributed by atoms with Gasteiger partial charge in [0.25, 0.3) is 0 Å². The van der Waals surface area contributed by atoms with Crippen molar-refractivity contribution in [3.8, 4) is 27.9 Å². The zero-order valence-electron chi connectivity index (χ0n) is 43.7. The molecule has 0 radical (unpaired) electrons. The van der Waals surface area contributed by atoms with E-state index in [2.05, 4.69) is 222 Å². The Morgan fingerprint density at radius 3 is 1.78 bits per heavy atom. The van der Waals surface area contributed by atoms with Crippen LogP contribution in [0.4, 0.5) is 11.4 Å². The van der Waals surface area contributed by atoms with Gasteiger partial charge in [0.2, 0.25) is 0 Å². The average Bonchev–Trinajstić information content (AvgIpc) is 3.91. The molecule has 2 aliphatic heterocycles. The molecule has 69 heavy (non-hydrogen) atoms. The summed E-state index contributed by atoms with van der Waals surface area (Å²) in [6, 6.07) is 43.5. The zero-order valence-corrected chi connectivity index (χ0v) is 43.7. The first-order valence-corrected chi connectivity index (χ1v) is 25.8. The van der Waals surface area contributed by atoms with Crippen LogP contribution in [0.5, 0.6) is 0 Å². The van der Waals surface area contributed by atoms with Gasteiger partial charge in [-0.15, -0.1) is 0 Å². The summed E-state index contributed by atoms with van der Waals surface area (Å²) < 4.78 is 10.1. The smallest absolute Gasteiger partial charge is 0.333 e. The van der Waals surface area contributed by atoms with Crippen LogP contribution in [-0.2, 0) is 32.5 Å². The molecule has 2 aliphatic carbocycles. The van der Waals surface area contributed by atoms with Crippen molar-refractivity contribution in [1.29, 1.82) is 0 Å². The minimum atomic E-state index is -0.219. The normalized spacial score (nSPS) is 17.4. The second-order valence-corrected chi connectivity index (χ2v) is 26.5. The second-order valence-electron chi connectivity index (χ2n) is 26.5. The summed E-state index contributed by atoms with van der Waals surface area (Å²) in [5.74, 6) is 0. The first-order chi connectivity index (χ1) is 32.4. The van der Waals surface area contributed by atoms with E-state index in [0.29, 0.717) is 0 Å². The predicted molar refractivity (Wildman–Crippen MR) is 296 cm³/mol. The van der Waals surface area contributed by atoms with Crippen LogP contribution < -0.4 is 15.7 Å². The molecule has 0 N–H and O–H groups in total. The van der Waals surface area contributed by atoms with Crippen molar-refractivity contribution in [3.05, 3.63) is 148 Å². The van der Waals surface area contributed by atoms with Crippen LogP contribution >= 0.6 is 0 Å². The van der Waals surface area contributed by atoms with Gasteiger partial charge in [0, 0.05) is 55.1 Å². The SMILES string of the molecule is CC(C)(C)c1ccc(N2B3c4cc(C(C)(C)C)ccc4-n4c5ccc(C(C)(C)C)cc5c5c6c(oc7ccccc76)c(c3c54)-c3cc4c(cc32)-c2cc3c(cc2C4(C)C)C(C)(C)CCC3(C)C)cc1. The minimum Gasteiger partial charge on any atom is -0.455 e. The fourth-order valence-electron chi connectivity index (χ4n) is 13.4. The highest BCUT2D eigenvalue weighted by Crippen LogP contribution is 2.59. The Kier molecular flexibility index (Phi) is 8.26. The Labute approximate surface area is 410 Å². The number of fused-ring (bicyclic) bond motifs is 17. The summed E-state index contributed by atoms with van der Waals surface area (Å²) in [4.78, 5) is 2.74. The van der Waals surface area contributed by atoms with Gasteiger partial charge in [0.1, 0.15) is 11.2 Å². The van der Waals surface area contributed by atoms with Crippen LogP contribution in [0, 0.1) is 0 Å². The molecule has 0 unspecified atom stereocenters. The summed E-state index contributed by atoms with van der Waals surface area (Å²) in [5.41, 5.74) is 25.9. The number of furan rings is 1. The zero-order chi connectivity index (χ0) is 48.4. The number of hydrogen-bond acceptors (Lipinski definition) is 2. The van der Waals surface area contributed by atoms with E-state index in [-0.39, 0.29) is 39.3 Å². The van der Waals surface area contributed by atoms with Crippen LogP contribution in [0.1, 0.15) is 156 Å². The van der Waals surface area contributed by atoms with Gasteiger partial charge in [-0.1, -0.05) is 158 Å². The molecule has 0 atom stereocenters. The number of hydrogen-bond donors (Lipinski definition) is 0. The van der Waals surface area contributed by atoms with E-state index >= 15 is 0 Å². The maximum Gasteiger partial charge on any atom is 0.333 e. The first kappa shape index (κ1) is 43.1. The third-order valence-corrected chi connectivity index (χ3v) is 17.7. The highest BCUT2D eigenvalue weighted by Gasteiger charge is 2.49. The first-order valence-electron chi connectivity index (χ1n) is 25.8. The molecule has 0 bridgehead atoms. The fourth-order valence-corrected chi connectivity index (χ4v) is 13.4. The van der Waals surface area contributed by atoms with Crippen molar-refractivity contribution in [2.75, 3.05) is 4.81 Å². The van der Waals surface area contributed by atoms with Gasteiger partial charge in [-0.2, -0.15) is 0 Å². The molecule has 7 aromatic carbocycles. The number of nitrogens with zero attached hydrogens (tertiary/aromatic N) is 2. The number of para-hydroxylation sites is 1. The summed E-state index contributed by atoms with van der Waals surface area (Å²) in [5, 5.41) is 4.97. The maximum absolute atomic E-state index is 7.42. The number of anilines is 2. The molecular formula is C65H67BN2O. The monoisotopic (exact) mass is 903 g/mol. The van der Waals surface area contributed by atoms with E-state index in [9.17, 15) is 0 Å². The molecule has 0 saturated heterocycles. The molecule has 0 saturated carbocycles. The average molecular weight is 903 g/mol. The molecule has 0 amide bonds. The lowest BCUT2D eigenvalue weighted by atomic mass is 9.43. The van der Waals surface area contributed by atoms with Crippen molar-refractivity contribution in [3.63, 3.8) is 0 Å². The van der Waals surface area contributed by atoms with Crippen LogP contribution in [0.3, 0.4) is 0 Å². The van der Waals surface area contributed by atoms with Crippen molar-refractivity contribution < 1.29 is 4.42 Å². The number of aromatic nitrogens is 1. The van der Waals surface area contributed by atoms with Gasteiger partial charge in [0.05, 0.1) is 11.0 Å². The molecule has 3 nitrogen and oxygen atoms in total. The third-order valence-electron chi connectivity index (χ3n) is 17.7. The lowest BCUT2D eigenvalue weighted by Crippen LogP contribution is -2.60. The lowest BCUT2D eigenvalue weighted by molar-refractivity contribution is 0.331. The molecule has 4 heterocycles. The molecule has 13 rings (SSSR count). The standard InChI is InChI=1S/C65H67BN2O/c1-60(2,3)36-20-24-39(25-21-36)68-52-34-42-41-32-47-48(64(12,13)29-28-63(47,10)11)35-46(41)65(14,15)45(42)33-44(52)56-57-58-54(55-40-18-16-17-19-53(40)69-59(55)56)43-30-37(61(4,5)6)22-26-50(43)67(58)51-27-23-38(62(7,8)9)31-49(51)66(57)68/h16-27,30-35H,28-29H2,1-15H3. The Morgan fingerprint density at radius 2 is 1.10 bits per heavy atom. The van der Waals surface area contributed by atoms with Crippen molar-refractivity contribution in [1.82, 2.24) is 4.57 Å². The van der Waals surface area contributed by atoms with E-state index in [1.165, 1.54) is 135 Å². The summed E-state index contributed by atoms with van der Waals surface area (Å²) >= 11 is 0. The van der Waals surface area contributed by atoms with Gasteiger partial charge < -0.3 is 13.8 Å². The quantitative estimate of drug-likeness (QED) is 0.153. The molecule has 0 fully saturated rings. The van der Waals surface area contributed by atoms with Crippen LogP contribution in [0.25, 0.3) is 71.7 Å². The second kappa shape index (κ2) is 13.2. The van der Waals surface area contributed by atoms with Crippen molar-refractivity contribution >= 4 is 72.9 Å². The maximum atomic E-state index is 7.42.